The summed E-state index contributed by atoms with van der Waals surface area (Å²) in [6.45, 7) is 4.29. The molecule has 154 valence electrons. The molecular weight excluding hydrogens is 381 g/mol. The second-order valence-corrected chi connectivity index (χ2v) is 7.80. The summed E-state index contributed by atoms with van der Waals surface area (Å²) in [5, 5.41) is 7.98. The van der Waals surface area contributed by atoms with Crippen LogP contribution in [0.2, 0.25) is 0 Å². The number of hydrogen-bond acceptors (Lipinski definition) is 4. The Morgan fingerprint density at radius 1 is 1.13 bits per heavy atom. The third-order valence-electron chi connectivity index (χ3n) is 5.79. The summed E-state index contributed by atoms with van der Waals surface area (Å²) >= 11 is 0. The van der Waals surface area contributed by atoms with E-state index < -0.39 is 0 Å². The molecule has 0 amide bonds. The number of aryl methyl sites for hydroxylation is 1. The second-order valence-electron chi connectivity index (χ2n) is 7.80. The number of benzene rings is 1. The van der Waals surface area contributed by atoms with Gasteiger partial charge in [-0.25, -0.2) is 4.39 Å². The average Bonchev–Trinajstić information content (AvgIpc) is 3.42. The first-order chi connectivity index (χ1) is 14.7. The van der Waals surface area contributed by atoms with E-state index in [-0.39, 0.29) is 12.4 Å². The normalized spacial score (nSPS) is 15.0. The van der Waals surface area contributed by atoms with E-state index in [9.17, 15) is 4.39 Å². The zero-order chi connectivity index (χ0) is 20.5. The largest absolute Gasteiger partial charge is 0.409 e. The lowest BCUT2D eigenvalue weighted by atomic mass is 10.1. The van der Waals surface area contributed by atoms with Crippen molar-refractivity contribution in [2.75, 3.05) is 13.1 Å². The van der Waals surface area contributed by atoms with Crippen molar-refractivity contribution in [3.63, 3.8) is 0 Å². The summed E-state index contributed by atoms with van der Waals surface area (Å²) in [6.07, 6.45) is 9.89. The van der Waals surface area contributed by atoms with Crippen molar-refractivity contribution >= 4 is 11.0 Å². The van der Waals surface area contributed by atoms with Gasteiger partial charge in [-0.05, 0) is 68.2 Å². The van der Waals surface area contributed by atoms with E-state index in [0.29, 0.717) is 6.04 Å². The Kier molecular flexibility index (Phi) is 4.96. The van der Waals surface area contributed by atoms with Gasteiger partial charge < -0.3 is 10.2 Å². The molecule has 7 heteroatoms. The van der Waals surface area contributed by atoms with Crippen molar-refractivity contribution in [2.24, 2.45) is 0 Å². The summed E-state index contributed by atoms with van der Waals surface area (Å²) in [5.74, 6) is -0.258. The van der Waals surface area contributed by atoms with Crippen LogP contribution < -0.4 is 10.2 Å². The van der Waals surface area contributed by atoms with Crippen LogP contribution in [0.4, 0.5) is 4.39 Å². The monoisotopic (exact) mass is 405 g/mol. The summed E-state index contributed by atoms with van der Waals surface area (Å²) < 4.78 is 17.3. The van der Waals surface area contributed by atoms with Crippen LogP contribution in [0.1, 0.15) is 30.0 Å². The number of pyridine rings is 1. The van der Waals surface area contributed by atoms with Crippen molar-refractivity contribution in [1.82, 2.24) is 24.8 Å². The Bertz CT molecular complexity index is 1180. The predicted molar refractivity (Wildman–Crippen MR) is 114 cm³/mol. The first-order valence-corrected chi connectivity index (χ1v) is 10.3. The van der Waals surface area contributed by atoms with Crippen LogP contribution in [0.3, 0.4) is 0 Å². The third-order valence-corrected chi connectivity index (χ3v) is 5.79. The number of rotatable bonds is 5. The first-order valence-electron chi connectivity index (χ1n) is 10.3. The highest BCUT2D eigenvalue weighted by molar-refractivity contribution is 5.80. The first kappa shape index (κ1) is 18.8. The van der Waals surface area contributed by atoms with Crippen molar-refractivity contribution in [3.8, 4) is 11.1 Å². The van der Waals surface area contributed by atoms with Gasteiger partial charge in [-0.1, -0.05) is 6.07 Å². The quantitative estimate of drug-likeness (QED) is 0.547. The molecule has 0 atom stereocenters. The fourth-order valence-corrected chi connectivity index (χ4v) is 3.95. The van der Waals surface area contributed by atoms with Gasteiger partial charge in [0.25, 0.3) is 0 Å². The van der Waals surface area contributed by atoms with Gasteiger partial charge in [0.2, 0.25) is 0 Å². The maximum atomic E-state index is 13.6. The Labute approximate surface area is 174 Å². The molecule has 0 radical (unpaired) electrons. The summed E-state index contributed by atoms with van der Waals surface area (Å²) in [5.41, 5.74) is 5.57. The number of fused-ring (bicyclic) bond motifs is 1. The highest BCUT2D eigenvalue weighted by Crippen LogP contribution is 2.25. The lowest BCUT2D eigenvalue weighted by Gasteiger charge is -2.22. The average molecular weight is 405 g/mol. The lowest BCUT2D eigenvalue weighted by molar-refractivity contribution is 0.107. The molecule has 0 bridgehead atoms. The highest BCUT2D eigenvalue weighted by atomic mass is 19.1. The second kappa shape index (κ2) is 7.91. The van der Waals surface area contributed by atoms with Crippen LogP contribution in [0, 0.1) is 12.7 Å². The van der Waals surface area contributed by atoms with E-state index in [4.69, 9.17) is 4.84 Å². The molecule has 0 spiro atoms. The van der Waals surface area contributed by atoms with Gasteiger partial charge in [-0.2, -0.15) is 9.83 Å². The van der Waals surface area contributed by atoms with E-state index >= 15 is 0 Å². The number of hydrogen-bond donors (Lipinski definition) is 1. The van der Waals surface area contributed by atoms with Gasteiger partial charge >= 0.3 is 0 Å². The smallest absolute Gasteiger partial charge is 0.140 e. The molecule has 0 unspecified atom stereocenters. The fourth-order valence-electron chi connectivity index (χ4n) is 3.95. The van der Waals surface area contributed by atoms with Crippen LogP contribution in [0.25, 0.3) is 22.2 Å². The van der Waals surface area contributed by atoms with Gasteiger partial charge in [0.1, 0.15) is 17.9 Å². The maximum Gasteiger partial charge on any atom is 0.140 e. The molecule has 1 fully saturated rings. The fraction of sp³-hybridized carbons (Fsp3) is 0.304. The van der Waals surface area contributed by atoms with Crippen LogP contribution in [0.5, 0.6) is 0 Å². The zero-order valence-corrected chi connectivity index (χ0v) is 16.9. The minimum absolute atomic E-state index is 0.258. The molecule has 3 aromatic heterocycles. The molecule has 1 aromatic carbocycles. The van der Waals surface area contributed by atoms with Gasteiger partial charge in [0.05, 0.1) is 17.8 Å². The molecule has 1 saturated heterocycles. The van der Waals surface area contributed by atoms with Crippen molar-refractivity contribution in [2.45, 2.75) is 32.4 Å². The maximum absolute atomic E-state index is 13.6. The van der Waals surface area contributed by atoms with Gasteiger partial charge in [0.15, 0.2) is 0 Å². The topological polar surface area (TPSA) is 56.9 Å². The van der Waals surface area contributed by atoms with E-state index in [1.165, 1.54) is 12.1 Å². The van der Waals surface area contributed by atoms with Crippen LogP contribution in [-0.2, 0) is 6.61 Å². The molecule has 4 aromatic rings. The molecule has 5 rings (SSSR count). The minimum atomic E-state index is -0.258. The Morgan fingerprint density at radius 3 is 2.87 bits per heavy atom. The van der Waals surface area contributed by atoms with Crippen LogP contribution in [-0.4, -0.2) is 32.6 Å². The SMILES string of the molecule is Cc1ccc(F)cc1COn1ccc2ncc(-c3cnn(C4CCNCC4)c3)cc21. The van der Waals surface area contributed by atoms with Gasteiger partial charge in [-0.3, -0.25) is 9.67 Å². The number of aromatic nitrogens is 4. The molecular formula is C23H24FN5O. The molecule has 4 heterocycles. The number of nitrogens with one attached hydrogen (secondary N) is 1. The Hall–Kier alpha value is -3.19. The van der Waals surface area contributed by atoms with Crippen LogP contribution >= 0.6 is 0 Å². The summed E-state index contributed by atoms with van der Waals surface area (Å²) in [6, 6.07) is 9.16. The summed E-state index contributed by atoms with van der Waals surface area (Å²) in [4.78, 5) is 10.5. The molecule has 1 aliphatic heterocycles. The Morgan fingerprint density at radius 2 is 2.00 bits per heavy atom. The van der Waals surface area contributed by atoms with E-state index in [1.54, 1.807) is 10.8 Å². The molecule has 0 saturated carbocycles. The molecule has 1 N–H and O–H groups in total. The van der Waals surface area contributed by atoms with Crippen molar-refractivity contribution in [3.05, 3.63) is 72.1 Å². The van der Waals surface area contributed by atoms with Gasteiger partial charge in [-0.15, -0.1) is 0 Å². The van der Waals surface area contributed by atoms with E-state index in [2.05, 4.69) is 32.3 Å². The molecule has 0 aliphatic carbocycles. The standard InChI is InChI=1S/C23H24FN5O/c1-16-2-3-20(24)10-18(16)15-30-29-9-6-22-23(29)11-17(12-26-22)19-13-27-28(14-19)21-4-7-25-8-5-21/h2-3,6,9-14,21,25H,4-5,7-8,15H2,1H3. The zero-order valence-electron chi connectivity index (χ0n) is 16.9. The Balaban J connectivity index is 1.39. The third kappa shape index (κ3) is 3.68. The van der Waals surface area contributed by atoms with Crippen molar-refractivity contribution < 1.29 is 9.23 Å². The molecule has 30 heavy (non-hydrogen) atoms. The number of piperidine rings is 1. The van der Waals surface area contributed by atoms with Crippen molar-refractivity contribution in [1.29, 1.82) is 0 Å². The number of nitrogens with zero attached hydrogens (tertiary/aromatic N) is 4. The summed E-state index contributed by atoms with van der Waals surface area (Å²) in [7, 11) is 0. The molecule has 6 nitrogen and oxygen atoms in total. The lowest BCUT2D eigenvalue weighted by Crippen LogP contribution is -2.29. The number of halogens is 1. The van der Waals surface area contributed by atoms with Gasteiger partial charge in [0, 0.05) is 29.7 Å². The predicted octanol–water partition coefficient (Wildman–Crippen LogP) is 3.90. The van der Waals surface area contributed by atoms with E-state index in [1.807, 2.05) is 31.6 Å². The molecule has 1 aliphatic rings. The van der Waals surface area contributed by atoms with Crippen LogP contribution in [0.15, 0.2) is 55.1 Å². The van der Waals surface area contributed by atoms with E-state index in [0.717, 1.165) is 59.2 Å². The minimum Gasteiger partial charge on any atom is -0.409 e. The highest BCUT2D eigenvalue weighted by Gasteiger charge is 2.16.